The van der Waals surface area contributed by atoms with Gasteiger partial charge < -0.3 is 0 Å². The van der Waals surface area contributed by atoms with Crippen LogP contribution in [-0.4, -0.2) is 5.92 Å². The summed E-state index contributed by atoms with van der Waals surface area (Å²) in [5, 5.41) is 0. The lowest BCUT2D eigenvalue weighted by atomic mass is 10.1. The second-order valence-corrected chi connectivity index (χ2v) is 2.10. The molecule has 0 rings (SSSR count). The summed E-state index contributed by atoms with van der Waals surface area (Å²) in [6.07, 6.45) is 1.57. The molecule has 54 valence electrons. The summed E-state index contributed by atoms with van der Waals surface area (Å²) in [5.41, 5.74) is 0. The molecule has 0 aromatic carbocycles. The SMILES string of the molecule is C=CCC(F)(F)CCC. The van der Waals surface area contributed by atoms with E-state index in [9.17, 15) is 8.78 Å². The number of hydrogen-bond donors (Lipinski definition) is 0. The van der Waals surface area contributed by atoms with Crippen LogP contribution in [0.4, 0.5) is 8.78 Å². The van der Waals surface area contributed by atoms with Crippen LogP contribution < -0.4 is 0 Å². The minimum atomic E-state index is -2.52. The van der Waals surface area contributed by atoms with Crippen molar-refractivity contribution in [1.82, 2.24) is 0 Å². The molecule has 0 N–H and O–H groups in total. The van der Waals surface area contributed by atoms with Crippen molar-refractivity contribution in [3.63, 3.8) is 0 Å². The minimum Gasteiger partial charge on any atom is -0.207 e. The molecule has 9 heavy (non-hydrogen) atoms. The first kappa shape index (κ1) is 8.60. The molecule has 0 heterocycles. The maximum Gasteiger partial charge on any atom is 0.251 e. The van der Waals surface area contributed by atoms with Crippen molar-refractivity contribution in [2.75, 3.05) is 0 Å². The average molecular weight is 134 g/mol. The van der Waals surface area contributed by atoms with Crippen LogP contribution in [0, 0.1) is 0 Å². The lowest BCUT2D eigenvalue weighted by Crippen LogP contribution is -2.13. The number of alkyl halides is 2. The number of halogens is 2. The number of allylic oxidation sites excluding steroid dienone is 1. The van der Waals surface area contributed by atoms with Crippen LogP contribution in [0.1, 0.15) is 26.2 Å². The molecule has 0 saturated carbocycles. The maximum atomic E-state index is 12.4. The summed E-state index contributed by atoms with van der Waals surface area (Å²) in [5.74, 6) is -2.52. The topological polar surface area (TPSA) is 0 Å². The van der Waals surface area contributed by atoms with Gasteiger partial charge in [-0.1, -0.05) is 19.4 Å². The Kier molecular flexibility index (Phi) is 3.43. The molecule has 0 saturated heterocycles. The van der Waals surface area contributed by atoms with Crippen LogP contribution in [0.2, 0.25) is 0 Å². The van der Waals surface area contributed by atoms with Crippen molar-refractivity contribution in [2.24, 2.45) is 0 Å². The molecule has 0 unspecified atom stereocenters. The molecule has 0 aliphatic heterocycles. The van der Waals surface area contributed by atoms with E-state index in [4.69, 9.17) is 0 Å². The molecule has 0 radical (unpaired) electrons. The lowest BCUT2D eigenvalue weighted by molar-refractivity contribution is -0.00493. The predicted molar refractivity (Wildman–Crippen MR) is 34.7 cm³/mol. The Bertz CT molecular complexity index is 86.9. The molecule has 0 aliphatic rings. The Hall–Kier alpha value is -0.400. The molecule has 2 heteroatoms. The Balaban J connectivity index is 3.55. The van der Waals surface area contributed by atoms with Gasteiger partial charge >= 0.3 is 0 Å². The van der Waals surface area contributed by atoms with Crippen molar-refractivity contribution in [3.05, 3.63) is 12.7 Å². The third-order valence-corrected chi connectivity index (χ3v) is 1.06. The molecular weight excluding hydrogens is 122 g/mol. The summed E-state index contributed by atoms with van der Waals surface area (Å²) >= 11 is 0. The molecule has 0 spiro atoms. The van der Waals surface area contributed by atoms with E-state index in [0.717, 1.165) is 0 Å². The molecule has 0 amide bonds. The van der Waals surface area contributed by atoms with Crippen molar-refractivity contribution in [3.8, 4) is 0 Å². The van der Waals surface area contributed by atoms with E-state index in [0.29, 0.717) is 6.42 Å². The van der Waals surface area contributed by atoms with Crippen LogP contribution in [0.25, 0.3) is 0 Å². The minimum absolute atomic E-state index is 0.0287. The van der Waals surface area contributed by atoms with E-state index >= 15 is 0 Å². The second-order valence-electron chi connectivity index (χ2n) is 2.10. The first-order valence-corrected chi connectivity index (χ1v) is 3.11. The maximum absolute atomic E-state index is 12.4. The zero-order valence-corrected chi connectivity index (χ0v) is 5.66. The van der Waals surface area contributed by atoms with Crippen LogP contribution >= 0.6 is 0 Å². The Labute approximate surface area is 54.6 Å². The molecule has 0 bridgehead atoms. The quantitative estimate of drug-likeness (QED) is 0.518. The van der Waals surface area contributed by atoms with Crippen LogP contribution in [0.3, 0.4) is 0 Å². The van der Waals surface area contributed by atoms with Gasteiger partial charge in [-0.2, -0.15) is 0 Å². The van der Waals surface area contributed by atoms with Crippen molar-refractivity contribution in [2.45, 2.75) is 32.1 Å². The Morgan fingerprint density at radius 2 is 2.11 bits per heavy atom. The molecule has 0 aromatic heterocycles. The fourth-order valence-corrected chi connectivity index (χ4v) is 0.679. The molecule has 0 aliphatic carbocycles. The van der Waals surface area contributed by atoms with Gasteiger partial charge in [0.05, 0.1) is 0 Å². The van der Waals surface area contributed by atoms with Gasteiger partial charge in [-0.15, -0.1) is 6.58 Å². The van der Waals surface area contributed by atoms with Crippen molar-refractivity contribution in [1.29, 1.82) is 0 Å². The van der Waals surface area contributed by atoms with E-state index in [-0.39, 0.29) is 12.8 Å². The highest BCUT2D eigenvalue weighted by atomic mass is 19.3. The van der Waals surface area contributed by atoms with Crippen LogP contribution in [0.5, 0.6) is 0 Å². The highest BCUT2D eigenvalue weighted by Gasteiger charge is 2.24. The number of hydrogen-bond acceptors (Lipinski definition) is 0. The largest absolute Gasteiger partial charge is 0.251 e. The first-order valence-electron chi connectivity index (χ1n) is 3.11. The van der Waals surface area contributed by atoms with Gasteiger partial charge in [0, 0.05) is 12.8 Å². The summed E-state index contributed by atoms with van der Waals surface area (Å²) in [6, 6.07) is 0. The molecule has 0 aromatic rings. The van der Waals surface area contributed by atoms with Crippen LogP contribution in [0.15, 0.2) is 12.7 Å². The molecule has 0 nitrogen and oxygen atoms in total. The van der Waals surface area contributed by atoms with Gasteiger partial charge in [0.1, 0.15) is 0 Å². The molecule has 0 atom stereocenters. The lowest BCUT2D eigenvalue weighted by Gasteiger charge is -2.11. The van der Waals surface area contributed by atoms with Crippen molar-refractivity contribution < 1.29 is 8.78 Å². The highest BCUT2D eigenvalue weighted by Crippen LogP contribution is 2.23. The van der Waals surface area contributed by atoms with Crippen molar-refractivity contribution >= 4 is 0 Å². The third-order valence-electron chi connectivity index (χ3n) is 1.06. The van der Waals surface area contributed by atoms with E-state index in [1.165, 1.54) is 6.08 Å². The smallest absolute Gasteiger partial charge is 0.207 e. The zero-order valence-electron chi connectivity index (χ0n) is 5.66. The highest BCUT2D eigenvalue weighted by molar-refractivity contribution is 4.77. The second kappa shape index (κ2) is 3.59. The van der Waals surface area contributed by atoms with Gasteiger partial charge in [-0.05, 0) is 0 Å². The monoisotopic (exact) mass is 134 g/mol. The average Bonchev–Trinajstić information content (AvgIpc) is 1.64. The summed E-state index contributed by atoms with van der Waals surface area (Å²) in [6.45, 7) is 5.00. The Morgan fingerprint density at radius 1 is 1.56 bits per heavy atom. The molecular formula is C7H12F2. The fourth-order valence-electron chi connectivity index (χ4n) is 0.679. The Morgan fingerprint density at radius 3 is 2.44 bits per heavy atom. The number of rotatable bonds is 4. The normalized spacial score (nSPS) is 11.4. The van der Waals surface area contributed by atoms with Gasteiger partial charge in [0.2, 0.25) is 0 Å². The summed E-state index contributed by atoms with van der Waals surface area (Å²) in [7, 11) is 0. The van der Waals surface area contributed by atoms with Crippen LogP contribution in [-0.2, 0) is 0 Å². The van der Waals surface area contributed by atoms with Gasteiger partial charge in [0.25, 0.3) is 5.92 Å². The van der Waals surface area contributed by atoms with E-state index < -0.39 is 5.92 Å². The third kappa shape index (κ3) is 4.13. The van der Waals surface area contributed by atoms with E-state index in [1.807, 2.05) is 0 Å². The summed E-state index contributed by atoms with van der Waals surface area (Å²) < 4.78 is 24.7. The van der Waals surface area contributed by atoms with Gasteiger partial charge in [-0.25, -0.2) is 8.78 Å². The first-order chi connectivity index (χ1) is 4.12. The zero-order chi connectivity index (χ0) is 7.33. The van der Waals surface area contributed by atoms with E-state index in [1.54, 1.807) is 6.92 Å². The fraction of sp³-hybridized carbons (Fsp3) is 0.714. The standard InChI is InChI=1S/C7H12F2/c1-3-5-7(8,9)6-4-2/h3H,1,4-6H2,2H3. The predicted octanol–water partition coefficient (Wildman–Crippen LogP) is 3.00. The van der Waals surface area contributed by atoms with Gasteiger partial charge in [0.15, 0.2) is 0 Å². The van der Waals surface area contributed by atoms with Gasteiger partial charge in [-0.3, -0.25) is 0 Å². The summed E-state index contributed by atoms with van der Waals surface area (Å²) in [4.78, 5) is 0. The van der Waals surface area contributed by atoms with E-state index in [2.05, 4.69) is 6.58 Å². The molecule has 0 fully saturated rings.